The molecule has 0 saturated heterocycles. The second kappa shape index (κ2) is 10.7. The zero-order valence-corrected chi connectivity index (χ0v) is 27.9. The average molecular weight is 649 g/mol. The molecule has 2 aliphatic rings. The van der Waals surface area contributed by atoms with E-state index in [4.69, 9.17) is 0 Å². The van der Waals surface area contributed by atoms with E-state index in [0.717, 1.165) is 22.7 Å². The van der Waals surface area contributed by atoms with Crippen molar-refractivity contribution in [2.24, 2.45) is 0 Å². The Morgan fingerprint density at radius 2 is 0.824 bits per heavy atom. The predicted molar refractivity (Wildman–Crippen MR) is 212 cm³/mol. The Kier molecular flexibility index (Phi) is 5.91. The number of nitrogens with zero attached hydrogens (tertiary/aromatic N) is 2. The fourth-order valence-electron chi connectivity index (χ4n) is 9.21. The van der Waals surface area contributed by atoms with Gasteiger partial charge in [0.1, 0.15) is 0 Å². The zero-order valence-electron chi connectivity index (χ0n) is 27.9. The van der Waals surface area contributed by atoms with Crippen molar-refractivity contribution in [3.63, 3.8) is 0 Å². The molecule has 11 rings (SSSR count). The van der Waals surface area contributed by atoms with Crippen LogP contribution in [0.3, 0.4) is 0 Å². The Hall–Kier alpha value is -6.64. The van der Waals surface area contributed by atoms with Gasteiger partial charge in [-0.25, -0.2) is 0 Å². The molecule has 238 valence electrons. The van der Waals surface area contributed by atoms with Crippen molar-refractivity contribution in [3.05, 3.63) is 216 Å². The van der Waals surface area contributed by atoms with Crippen LogP contribution in [0.4, 0.5) is 17.1 Å². The second-order valence-electron chi connectivity index (χ2n) is 13.7. The molecule has 2 heteroatoms. The minimum atomic E-state index is -0.354. The van der Waals surface area contributed by atoms with Crippen molar-refractivity contribution in [2.45, 2.75) is 5.41 Å². The van der Waals surface area contributed by atoms with Crippen molar-refractivity contribution in [2.75, 3.05) is 4.90 Å². The number of benzene rings is 8. The maximum absolute atomic E-state index is 2.43. The molecule has 8 aromatic carbocycles. The van der Waals surface area contributed by atoms with Gasteiger partial charge >= 0.3 is 0 Å². The summed E-state index contributed by atoms with van der Waals surface area (Å²) < 4.78 is 2.38. The minimum Gasteiger partial charge on any atom is -0.310 e. The summed E-state index contributed by atoms with van der Waals surface area (Å²) in [6.07, 6.45) is 0. The molecule has 51 heavy (non-hydrogen) atoms. The van der Waals surface area contributed by atoms with E-state index >= 15 is 0 Å². The lowest BCUT2D eigenvalue weighted by atomic mass is 9.70. The molecule has 0 atom stereocenters. The van der Waals surface area contributed by atoms with Crippen molar-refractivity contribution in [1.29, 1.82) is 0 Å². The van der Waals surface area contributed by atoms with Crippen molar-refractivity contribution >= 4 is 38.9 Å². The maximum atomic E-state index is 2.43. The highest BCUT2D eigenvalue weighted by atomic mass is 15.1. The first-order valence-electron chi connectivity index (χ1n) is 17.7. The van der Waals surface area contributed by atoms with E-state index in [1.54, 1.807) is 0 Å². The Morgan fingerprint density at radius 1 is 0.333 bits per heavy atom. The monoisotopic (exact) mass is 648 g/mol. The lowest BCUT2D eigenvalue weighted by Crippen LogP contribution is -2.25. The molecular formula is C49H32N2. The van der Waals surface area contributed by atoms with E-state index in [2.05, 4.69) is 204 Å². The van der Waals surface area contributed by atoms with Gasteiger partial charge in [0, 0.05) is 33.5 Å². The molecule has 1 heterocycles. The minimum absolute atomic E-state index is 0.354. The number of fused-ring (bicyclic) bond motifs is 13. The van der Waals surface area contributed by atoms with E-state index in [-0.39, 0.29) is 5.41 Å². The zero-order chi connectivity index (χ0) is 33.5. The second-order valence-corrected chi connectivity index (χ2v) is 13.7. The lowest BCUT2D eigenvalue weighted by molar-refractivity contribution is 0.794. The Bertz CT molecular complexity index is 2760. The van der Waals surface area contributed by atoms with Crippen LogP contribution in [0.5, 0.6) is 0 Å². The maximum Gasteiger partial charge on any atom is 0.0725 e. The highest BCUT2D eigenvalue weighted by Crippen LogP contribution is 2.63. The molecule has 2 nitrogen and oxygen atoms in total. The topological polar surface area (TPSA) is 8.17 Å². The Balaban J connectivity index is 1.15. The van der Waals surface area contributed by atoms with Crippen LogP contribution < -0.4 is 4.90 Å². The van der Waals surface area contributed by atoms with Gasteiger partial charge in [-0.05, 0) is 105 Å². The van der Waals surface area contributed by atoms with Crippen LogP contribution >= 0.6 is 0 Å². The summed E-state index contributed by atoms with van der Waals surface area (Å²) in [7, 11) is 0. The molecule has 0 fully saturated rings. The van der Waals surface area contributed by atoms with E-state index in [1.807, 2.05) is 0 Å². The third-order valence-electron chi connectivity index (χ3n) is 11.2. The summed E-state index contributed by atoms with van der Waals surface area (Å²) >= 11 is 0. The number of rotatable bonds is 4. The first kappa shape index (κ1) is 28.2. The van der Waals surface area contributed by atoms with E-state index < -0.39 is 0 Å². The third-order valence-corrected chi connectivity index (χ3v) is 11.2. The van der Waals surface area contributed by atoms with Crippen LogP contribution in [0.2, 0.25) is 0 Å². The van der Waals surface area contributed by atoms with Gasteiger partial charge in [-0.1, -0.05) is 133 Å². The molecule has 1 aromatic heterocycles. The third kappa shape index (κ3) is 3.82. The van der Waals surface area contributed by atoms with Crippen LogP contribution in [0.15, 0.2) is 194 Å². The highest BCUT2D eigenvalue weighted by molar-refractivity contribution is 6.11. The van der Waals surface area contributed by atoms with Crippen LogP contribution in [-0.4, -0.2) is 4.57 Å². The van der Waals surface area contributed by atoms with Crippen LogP contribution in [-0.2, 0) is 5.41 Å². The Morgan fingerprint density at radius 3 is 1.51 bits per heavy atom. The quantitative estimate of drug-likeness (QED) is 0.184. The highest BCUT2D eigenvalue weighted by Gasteiger charge is 2.51. The average Bonchev–Trinajstić information content (AvgIpc) is 3.80. The van der Waals surface area contributed by atoms with Gasteiger partial charge in [0.2, 0.25) is 0 Å². The van der Waals surface area contributed by atoms with Gasteiger partial charge in [0.05, 0.1) is 16.4 Å². The first-order valence-corrected chi connectivity index (χ1v) is 17.7. The number of para-hydroxylation sites is 3. The summed E-state index contributed by atoms with van der Waals surface area (Å²) in [5.41, 5.74) is 17.3. The van der Waals surface area contributed by atoms with Crippen LogP contribution in [0.1, 0.15) is 22.3 Å². The fraction of sp³-hybridized carbons (Fsp3) is 0.0204. The van der Waals surface area contributed by atoms with E-state index in [1.165, 1.54) is 66.3 Å². The lowest BCUT2D eigenvalue weighted by Gasteiger charge is -2.31. The molecule has 0 unspecified atom stereocenters. The van der Waals surface area contributed by atoms with Crippen LogP contribution in [0, 0.1) is 0 Å². The summed E-state index contributed by atoms with van der Waals surface area (Å²) in [5.74, 6) is 0. The molecular weight excluding hydrogens is 617 g/mol. The van der Waals surface area contributed by atoms with Gasteiger partial charge in [0.25, 0.3) is 0 Å². The van der Waals surface area contributed by atoms with E-state index in [9.17, 15) is 0 Å². The molecule has 0 bridgehead atoms. The number of hydrogen-bond acceptors (Lipinski definition) is 1. The van der Waals surface area contributed by atoms with Crippen molar-refractivity contribution in [1.82, 2.24) is 4.57 Å². The molecule has 1 spiro atoms. The first-order chi connectivity index (χ1) is 25.3. The summed E-state index contributed by atoms with van der Waals surface area (Å²) in [6.45, 7) is 0. The van der Waals surface area contributed by atoms with Crippen molar-refractivity contribution in [3.8, 4) is 27.9 Å². The van der Waals surface area contributed by atoms with Crippen LogP contribution in [0.25, 0.3) is 49.7 Å². The van der Waals surface area contributed by atoms with Gasteiger partial charge in [0.15, 0.2) is 0 Å². The smallest absolute Gasteiger partial charge is 0.0725 e. The number of hydrogen-bond donors (Lipinski definition) is 0. The molecule has 0 radical (unpaired) electrons. The fourth-order valence-corrected chi connectivity index (χ4v) is 9.21. The SMILES string of the molecule is c1ccc(N(c2ccc3c(c2)-c2ccccc2C32c3ccccc3-c3ccccc32)c2ccc3c(c2)c2ccccc2n3-c2ccccc2)cc1. The summed E-state index contributed by atoms with van der Waals surface area (Å²) in [6, 6.07) is 71.4. The molecule has 2 aliphatic carbocycles. The van der Waals surface area contributed by atoms with Gasteiger partial charge in [-0.15, -0.1) is 0 Å². The van der Waals surface area contributed by atoms with Gasteiger partial charge in [-0.3, -0.25) is 0 Å². The molecule has 9 aromatic rings. The summed E-state index contributed by atoms with van der Waals surface area (Å²) in [4.78, 5) is 2.42. The largest absolute Gasteiger partial charge is 0.310 e. The Labute approximate surface area is 297 Å². The van der Waals surface area contributed by atoms with Gasteiger partial charge < -0.3 is 9.47 Å². The van der Waals surface area contributed by atoms with Gasteiger partial charge in [-0.2, -0.15) is 0 Å². The molecule has 0 amide bonds. The molecule has 0 saturated carbocycles. The van der Waals surface area contributed by atoms with Crippen molar-refractivity contribution < 1.29 is 0 Å². The van der Waals surface area contributed by atoms with E-state index in [0.29, 0.717) is 0 Å². The molecule has 0 N–H and O–H groups in total. The normalized spacial score (nSPS) is 13.3. The number of aromatic nitrogens is 1. The summed E-state index contributed by atoms with van der Waals surface area (Å²) in [5, 5.41) is 2.48. The standard InChI is InChI=1S/C49H32N2/c1-3-15-33(16-4-1)50(36-28-30-48-42(32-36)40-22-10-14-26-47(40)51(48)34-17-5-2-6-18-34)35-27-29-46-41(31-35)39-21-9-13-25-45(39)49(46)43-23-11-7-19-37(43)38-20-8-12-24-44(38)49/h1-32H. The predicted octanol–water partition coefficient (Wildman–Crippen LogP) is 12.6. The molecule has 0 aliphatic heterocycles. The number of anilines is 3.